The van der Waals surface area contributed by atoms with Crippen molar-refractivity contribution in [3.8, 4) is 0 Å². The maximum absolute atomic E-state index is 13.2. The Hall–Kier alpha value is -0.940. The molecule has 0 aliphatic heterocycles. The summed E-state index contributed by atoms with van der Waals surface area (Å²) in [6.45, 7) is 1.95. The first kappa shape index (κ1) is 15.4. The fourth-order valence-corrected chi connectivity index (χ4v) is 2.62. The number of aryl methyl sites for hydroxylation is 1. The predicted octanol–water partition coefficient (Wildman–Crippen LogP) is 4.30. The van der Waals surface area contributed by atoms with E-state index >= 15 is 0 Å². The third-order valence-electron chi connectivity index (χ3n) is 3.22. The monoisotopic (exact) mass is 356 g/mol. The van der Waals surface area contributed by atoms with Crippen molar-refractivity contribution >= 4 is 27.5 Å². The van der Waals surface area contributed by atoms with E-state index in [1.54, 1.807) is 12.1 Å². The lowest BCUT2D eigenvalue weighted by Gasteiger charge is -2.17. The first-order chi connectivity index (χ1) is 9.51. The molecule has 2 aromatic rings. The Morgan fingerprint density at radius 1 is 1.30 bits per heavy atom. The second-order valence-corrected chi connectivity index (χ2v) is 5.94. The minimum atomic E-state index is -0.274. The van der Waals surface area contributed by atoms with E-state index in [9.17, 15) is 4.39 Å². The minimum absolute atomic E-state index is 0.0783. The lowest BCUT2D eigenvalue weighted by Crippen LogP contribution is -2.29. The molecule has 2 aromatic carbocycles. The summed E-state index contributed by atoms with van der Waals surface area (Å²) in [5.41, 5.74) is 5.79. The number of hydrazine groups is 1. The van der Waals surface area contributed by atoms with Crippen molar-refractivity contribution < 1.29 is 4.39 Å². The van der Waals surface area contributed by atoms with Crippen LogP contribution < -0.4 is 11.3 Å². The third-order valence-corrected chi connectivity index (χ3v) is 4.24. The molecule has 0 heterocycles. The lowest BCUT2D eigenvalue weighted by atomic mass is 9.98. The highest BCUT2D eigenvalue weighted by Crippen LogP contribution is 2.25. The number of rotatable bonds is 4. The van der Waals surface area contributed by atoms with Crippen molar-refractivity contribution in [2.24, 2.45) is 5.84 Å². The molecule has 0 bridgehead atoms. The van der Waals surface area contributed by atoms with Gasteiger partial charge >= 0.3 is 0 Å². The number of halogens is 3. The molecule has 3 N–H and O–H groups in total. The molecule has 2 nitrogen and oxygen atoms in total. The summed E-state index contributed by atoms with van der Waals surface area (Å²) >= 11 is 9.33. The van der Waals surface area contributed by atoms with Crippen LogP contribution >= 0.6 is 27.5 Å². The van der Waals surface area contributed by atoms with Crippen molar-refractivity contribution in [2.45, 2.75) is 19.4 Å². The van der Waals surface area contributed by atoms with Gasteiger partial charge in [-0.05, 0) is 64.2 Å². The van der Waals surface area contributed by atoms with E-state index in [4.69, 9.17) is 17.4 Å². The van der Waals surface area contributed by atoms with E-state index in [-0.39, 0.29) is 11.9 Å². The molecule has 0 fully saturated rings. The van der Waals surface area contributed by atoms with Crippen LogP contribution in [0.5, 0.6) is 0 Å². The van der Waals surface area contributed by atoms with E-state index < -0.39 is 0 Å². The maximum Gasteiger partial charge on any atom is 0.137 e. The third kappa shape index (κ3) is 3.58. The molecule has 5 heteroatoms. The lowest BCUT2D eigenvalue weighted by molar-refractivity contribution is 0.550. The second kappa shape index (κ2) is 6.68. The molecule has 0 aliphatic carbocycles. The van der Waals surface area contributed by atoms with E-state index in [0.717, 1.165) is 16.7 Å². The first-order valence-corrected chi connectivity index (χ1v) is 7.34. The smallest absolute Gasteiger partial charge is 0.137 e. The van der Waals surface area contributed by atoms with Crippen molar-refractivity contribution in [3.63, 3.8) is 0 Å². The summed E-state index contributed by atoms with van der Waals surface area (Å²) in [6.07, 6.45) is 0.648. The van der Waals surface area contributed by atoms with Gasteiger partial charge in [0.1, 0.15) is 5.82 Å². The van der Waals surface area contributed by atoms with Gasteiger partial charge in [0.05, 0.1) is 10.5 Å². The largest absolute Gasteiger partial charge is 0.271 e. The summed E-state index contributed by atoms with van der Waals surface area (Å²) in [4.78, 5) is 0. The SMILES string of the molecule is Cc1ccc(C(Cc2ccc(F)c(Br)c2)NN)cc1Cl. The predicted molar refractivity (Wildman–Crippen MR) is 84.1 cm³/mol. The Balaban J connectivity index is 2.23. The molecule has 1 atom stereocenters. The quantitative estimate of drug-likeness (QED) is 0.632. The van der Waals surface area contributed by atoms with Crippen LogP contribution in [0.3, 0.4) is 0 Å². The highest BCUT2D eigenvalue weighted by atomic mass is 79.9. The van der Waals surface area contributed by atoms with Crippen LogP contribution in [0.15, 0.2) is 40.9 Å². The van der Waals surface area contributed by atoms with Gasteiger partial charge in [-0.2, -0.15) is 0 Å². The highest BCUT2D eigenvalue weighted by Gasteiger charge is 2.12. The van der Waals surface area contributed by atoms with E-state index in [1.807, 2.05) is 25.1 Å². The zero-order valence-electron chi connectivity index (χ0n) is 11.0. The molecular formula is C15H15BrClFN2. The molecule has 0 spiro atoms. The molecule has 106 valence electrons. The van der Waals surface area contributed by atoms with Crippen LogP contribution in [0.4, 0.5) is 4.39 Å². The molecule has 20 heavy (non-hydrogen) atoms. The van der Waals surface area contributed by atoms with Gasteiger partial charge in [-0.25, -0.2) is 4.39 Å². The van der Waals surface area contributed by atoms with Crippen LogP contribution in [0.25, 0.3) is 0 Å². The molecule has 0 aliphatic rings. The Kier molecular flexibility index (Phi) is 5.16. The van der Waals surface area contributed by atoms with Crippen LogP contribution in [0.1, 0.15) is 22.7 Å². The van der Waals surface area contributed by atoms with Gasteiger partial charge in [-0.3, -0.25) is 11.3 Å². The standard InChI is InChI=1S/C15H15BrClFN2/c1-9-2-4-11(8-13(9)17)15(20-19)7-10-3-5-14(18)12(16)6-10/h2-6,8,15,20H,7,19H2,1H3. The number of benzene rings is 2. The summed E-state index contributed by atoms with van der Waals surface area (Å²) in [5, 5.41) is 0.711. The van der Waals surface area contributed by atoms with Crippen molar-refractivity contribution in [1.29, 1.82) is 0 Å². The van der Waals surface area contributed by atoms with E-state index in [2.05, 4.69) is 21.4 Å². The maximum atomic E-state index is 13.2. The fraction of sp³-hybridized carbons (Fsp3) is 0.200. The summed E-state index contributed by atoms with van der Waals surface area (Å²) in [5.74, 6) is 5.36. The zero-order chi connectivity index (χ0) is 14.7. The van der Waals surface area contributed by atoms with Crippen molar-refractivity contribution in [2.75, 3.05) is 0 Å². The van der Waals surface area contributed by atoms with Crippen molar-refractivity contribution in [3.05, 3.63) is 68.4 Å². The molecule has 0 aromatic heterocycles. The molecule has 0 saturated carbocycles. The molecule has 0 saturated heterocycles. The zero-order valence-corrected chi connectivity index (χ0v) is 13.3. The van der Waals surface area contributed by atoms with Gasteiger partial charge in [0.2, 0.25) is 0 Å². The van der Waals surface area contributed by atoms with Gasteiger partial charge in [0.15, 0.2) is 0 Å². The van der Waals surface area contributed by atoms with Crippen LogP contribution in [-0.4, -0.2) is 0 Å². The Labute approximate surface area is 131 Å². The van der Waals surface area contributed by atoms with E-state index in [1.165, 1.54) is 6.07 Å². The number of hydrogen-bond donors (Lipinski definition) is 2. The number of nitrogens with one attached hydrogen (secondary N) is 1. The number of nitrogens with two attached hydrogens (primary N) is 1. The molecule has 0 radical (unpaired) electrons. The number of hydrogen-bond acceptors (Lipinski definition) is 2. The Bertz CT molecular complexity index is 619. The Morgan fingerprint density at radius 2 is 2.05 bits per heavy atom. The van der Waals surface area contributed by atoms with Gasteiger partial charge in [0, 0.05) is 5.02 Å². The van der Waals surface area contributed by atoms with Gasteiger partial charge in [-0.1, -0.05) is 29.8 Å². The van der Waals surface area contributed by atoms with Crippen molar-refractivity contribution in [1.82, 2.24) is 5.43 Å². The average molecular weight is 358 g/mol. The summed E-state index contributed by atoms with van der Waals surface area (Å²) < 4.78 is 13.7. The molecule has 1 unspecified atom stereocenters. The minimum Gasteiger partial charge on any atom is -0.271 e. The van der Waals surface area contributed by atoms with Gasteiger partial charge in [-0.15, -0.1) is 0 Å². The van der Waals surface area contributed by atoms with Crippen LogP contribution in [-0.2, 0) is 6.42 Å². The molecule has 0 amide bonds. The van der Waals surface area contributed by atoms with Crippen LogP contribution in [0.2, 0.25) is 5.02 Å². The Morgan fingerprint density at radius 3 is 2.65 bits per heavy atom. The fourth-order valence-electron chi connectivity index (χ4n) is 2.00. The van der Waals surface area contributed by atoms with Crippen LogP contribution in [0, 0.1) is 12.7 Å². The average Bonchev–Trinajstić information content (AvgIpc) is 2.43. The topological polar surface area (TPSA) is 38.0 Å². The second-order valence-electron chi connectivity index (χ2n) is 4.68. The summed E-state index contributed by atoms with van der Waals surface area (Å²) in [7, 11) is 0. The van der Waals surface area contributed by atoms with E-state index in [0.29, 0.717) is 15.9 Å². The summed E-state index contributed by atoms with van der Waals surface area (Å²) in [6, 6.07) is 10.7. The van der Waals surface area contributed by atoms with Gasteiger partial charge in [0.25, 0.3) is 0 Å². The van der Waals surface area contributed by atoms with Gasteiger partial charge < -0.3 is 0 Å². The normalized spacial score (nSPS) is 12.4. The molecule has 2 rings (SSSR count). The first-order valence-electron chi connectivity index (χ1n) is 6.17. The highest BCUT2D eigenvalue weighted by molar-refractivity contribution is 9.10. The molecular weight excluding hydrogens is 343 g/mol.